The van der Waals surface area contributed by atoms with E-state index >= 15 is 0 Å². The molecule has 0 radical (unpaired) electrons. The highest BCUT2D eigenvalue weighted by atomic mass is 16.5. The maximum absolute atomic E-state index is 12.4. The van der Waals surface area contributed by atoms with Crippen molar-refractivity contribution in [3.63, 3.8) is 0 Å². The number of hydrogen-bond acceptors (Lipinski definition) is 3. The van der Waals surface area contributed by atoms with Crippen LogP contribution in [0.4, 0.5) is 0 Å². The number of benzene rings is 1. The van der Waals surface area contributed by atoms with E-state index in [-0.39, 0.29) is 12.0 Å². The summed E-state index contributed by atoms with van der Waals surface area (Å²) in [6, 6.07) is 6.52. The Bertz CT molecular complexity index is 533. The minimum Gasteiger partial charge on any atom is -0.490 e. The summed E-state index contributed by atoms with van der Waals surface area (Å²) in [7, 11) is 0. The molecule has 0 bridgehead atoms. The van der Waals surface area contributed by atoms with Gasteiger partial charge in [-0.15, -0.1) is 0 Å². The predicted molar refractivity (Wildman–Crippen MR) is 75.9 cm³/mol. The first-order valence-corrected chi connectivity index (χ1v) is 7.62. The lowest BCUT2D eigenvalue weighted by atomic mass is 10.1. The molecule has 1 saturated heterocycles. The molecule has 0 atom stereocenters. The molecule has 20 heavy (non-hydrogen) atoms. The van der Waals surface area contributed by atoms with Crippen LogP contribution >= 0.6 is 0 Å². The second-order valence-corrected chi connectivity index (χ2v) is 6.05. The second kappa shape index (κ2) is 4.77. The van der Waals surface area contributed by atoms with Gasteiger partial charge in [0.1, 0.15) is 11.9 Å². The number of nitrogens with one attached hydrogen (secondary N) is 1. The molecule has 2 fully saturated rings. The number of hydrogen-bond donors (Lipinski definition) is 1. The van der Waals surface area contributed by atoms with Crippen molar-refractivity contribution < 1.29 is 9.53 Å². The molecule has 4 heteroatoms. The molecule has 1 aromatic rings. The molecule has 2 heterocycles. The smallest absolute Gasteiger partial charge is 0.254 e. The Morgan fingerprint density at radius 2 is 1.95 bits per heavy atom. The molecule has 0 aromatic heterocycles. The third kappa shape index (κ3) is 2.18. The van der Waals surface area contributed by atoms with Crippen molar-refractivity contribution in [3.8, 4) is 5.75 Å². The summed E-state index contributed by atoms with van der Waals surface area (Å²) in [6.45, 7) is 2.82. The van der Waals surface area contributed by atoms with Gasteiger partial charge in [0.15, 0.2) is 0 Å². The van der Waals surface area contributed by atoms with Gasteiger partial charge in [-0.2, -0.15) is 0 Å². The van der Waals surface area contributed by atoms with Gasteiger partial charge in [0.25, 0.3) is 5.91 Å². The number of piperidine rings is 1. The molecule has 1 aliphatic carbocycles. The summed E-state index contributed by atoms with van der Waals surface area (Å²) in [5.74, 6) is 1.04. The number of carbonyl (C=O) groups excluding carboxylic acids is 1. The van der Waals surface area contributed by atoms with Crippen LogP contribution in [0.1, 0.15) is 41.6 Å². The molecule has 0 unspecified atom stereocenters. The number of rotatable bonds is 3. The molecular formula is C16H20N2O2. The van der Waals surface area contributed by atoms with Crippen LogP contribution in [-0.4, -0.2) is 36.0 Å². The summed E-state index contributed by atoms with van der Waals surface area (Å²) in [4.78, 5) is 14.4. The van der Waals surface area contributed by atoms with Crippen LogP contribution in [0, 0.1) is 0 Å². The quantitative estimate of drug-likeness (QED) is 0.914. The lowest BCUT2D eigenvalue weighted by Gasteiger charge is -2.24. The first kappa shape index (κ1) is 12.2. The Morgan fingerprint density at radius 3 is 2.70 bits per heavy atom. The number of carbonyl (C=O) groups is 1. The van der Waals surface area contributed by atoms with E-state index in [9.17, 15) is 4.79 Å². The van der Waals surface area contributed by atoms with Gasteiger partial charge in [0.2, 0.25) is 0 Å². The van der Waals surface area contributed by atoms with Crippen LogP contribution in [0.15, 0.2) is 18.2 Å². The minimum atomic E-state index is 0.193. The van der Waals surface area contributed by atoms with E-state index in [1.807, 2.05) is 17.0 Å². The molecule has 1 saturated carbocycles. The fraction of sp³-hybridized carbons (Fsp3) is 0.562. The summed E-state index contributed by atoms with van der Waals surface area (Å²) in [5.41, 5.74) is 2.00. The average Bonchev–Trinajstić information content (AvgIpc) is 3.26. The van der Waals surface area contributed by atoms with Gasteiger partial charge in [0.05, 0.1) is 0 Å². The van der Waals surface area contributed by atoms with E-state index < -0.39 is 0 Å². The molecule has 2 aliphatic heterocycles. The monoisotopic (exact) mass is 272 g/mol. The lowest BCUT2D eigenvalue weighted by molar-refractivity contribution is 0.0766. The van der Waals surface area contributed by atoms with E-state index in [1.54, 1.807) is 0 Å². The first-order valence-electron chi connectivity index (χ1n) is 7.62. The molecule has 1 amide bonds. The van der Waals surface area contributed by atoms with Crippen molar-refractivity contribution >= 4 is 5.91 Å². The molecular weight excluding hydrogens is 252 g/mol. The van der Waals surface area contributed by atoms with Crippen LogP contribution in [0.25, 0.3) is 0 Å². The van der Waals surface area contributed by atoms with E-state index in [4.69, 9.17) is 4.74 Å². The third-order valence-corrected chi connectivity index (χ3v) is 4.49. The van der Waals surface area contributed by atoms with Crippen molar-refractivity contribution in [2.75, 3.05) is 13.1 Å². The van der Waals surface area contributed by atoms with Crippen molar-refractivity contribution in [2.45, 2.75) is 44.4 Å². The summed E-state index contributed by atoms with van der Waals surface area (Å²) in [5, 5.41) is 3.33. The standard InChI is InChI=1S/C16H20N2O2/c19-16-15-9-14(20-13-5-7-17-8-6-13)4-1-11(15)10-18(16)12-2-3-12/h1,4,9,12-13,17H,2-3,5-8,10H2. The van der Waals surface area contributed by atoms with Crippen molar-refractivity contribution in [3.05, 3.63) is 29.3 Å². The van der Waals surface area contributed by atoms with Gasteiger partial charge in [-0.25, -0.2) is 0 Å². The summed E-state index contributed by atoms with van der Waals surface area (Å²) >= 11 is 0. The normalized spacial score (nSPS) is 23.0. The molecule has 4 nitrogen and oxygen atoms in total. The van der Waals surface area contributed by atoms with Crippen LogP contribution in [0.5, 0.6) is 5.75 Å². The fourth-order valence-corrected chi connectivity index (χ4v) is 3.16. The van der Waals surface area contributed by atoms with Crippen LogP contribution in [0.2, 0.25) is 0 Å². The highest BCUT2D eigenvalue weighted by Crippen LogP contribution is 2.36. The van der Waals surface area contributed by atoms with E-state index in [0.29, 0.717) is 6.04 Å². The molecule has 0 spiro atoms. The number of fused-ring (bicyclic) bond motifs is 1. The first-order chi connectivity index (χ1) is 9.81. The zero-order chi connectivity index (χ0) is 13.5. The Kier molecular flexibility index (Phi) is 2.91. The highest BCUT2D eigenvalue weighted by molar-refractivity contribution is 5.99. The zero-order valence-corrected chi connectivity index (χ0v) is 11.6. The van der Waals surface area contributed by atoms with Gasteiger partial charge in [-0.1, -0.05) is 6.07 Å². The average molecular weight is 272 g/mol. The fourth-order valence-electron chi connectivity index (χ4n) is 3.16. The van der Waals surface area contributed by atoms with Crippen LogP contribution in [0.3, 0.4) is 0 Å². The SMILES string of the molecule is O=C1c2cc(OC3CCNCC3)ccc2CN1C1CC1. The molecule has 1 N–H and O–H groups in total. The summed E-state index contributed by atoms with van der Waals surface area (Å²) in [6.07, 6.45) is 4.69. The van der Waals surface area contributed by atoms with Gasteiger partial charge < -0.3 is 15.0 Å². The maximum Gasteiger partial charge on any atom is 0.254 e. The van der Waals surface area contributed by atoms with Crippen molar-refractivity contribution in [1.82, 2.24) is 10.2 Å². The largest absolute Gasteiger partial charge is 0.490 e. The second-order valence-electron chi connectivity index (χ2n) is 6.05. The molecule has 4 rings (SSSR count). The third-order valence-electron chi connectivity index (χ3n) is 4.49. The van der Waals surface area contributed by atoms with E-state index in [1.165, 1.54) is 0 Å². The lowest BCUT2D eigenvalue weighted by Crippen LogP contribution is -2.34. The van der Waals surface area contributed by atoms with E-state index in [2.05, 4.69) is 11.4 Å². The zero-order valence-electron chi connectivity index (χ0n) is 11.6. The molecule has 3 aliphatic rings. The number of amides is 1. The van der Waals surface area contributed by atoms with Gasteiger partial charge in [-0.05, 0) is 56.5 Å². The summed E-state index contributed by atoms with van der Waals surface area (Å²) < 4.78 is 6.03. The minimum absolute atomic E-state index is 0.193. The Labute approximate surface area is 119 Å². The van der Waals surface area contributed by atoms with Gasteiger partial charge in [-0.3, -0.25) is 4.79 Å². The van der Waals surface area contributed by atoms with Gasteiger partial charge >= 0.3 is 0 Å². The number of ether oxygens (including phenoxy) is 1. The van der Waals surface area contributed by atoms with Gasteiger partial charge in [0, 0.05) is 18.2 Å². The molecule has 1 aromatic carbocycles. The van der Waals surface area contributed by atoms with Crippen molar-refractivity contribution in [1.29, 1.82) is 0 Å². The number of nitrogens with zero attached hydrogens (tertiary/aromatic N) is 1. The molecule has 106 valence electrons. The predicted octanol–water partition coefficient (Wildman–Crippen LogP) is 1.94. The highest BCUT2D eigenvalue weighted by Gasteiger charge is 2.38. The van der Waals surface area contributed by atoms with Crippen molar-refractivity contribution in [2.24, 2.45) is 0 Å². The maximum atomic E-state index is 12.4. The van der Waals surface area contributed by atoms with E-state index in [0.717, 1.165) is 62.2 Å². The Morgan fingerprint density at radius 1 is 1.15 bits per heavy atom. The Balaban J connectivity index is 1.51. The van der Waals surface area contributed by atoms with Crippen LogP contribution < -0.4 is 10.1 Å². The topological polar surface area (TPSA) is 41.6 Å². The Hall–Kier alpha value is -1.55. The van der Waals surface area contributed by atoms with Crippen LogP contribution in [-0.2, 0) is 6.54 Å².